The van der Waals surface area contributed by atoms with E-state index in [0.29, 0.717) is 23.6 Å². The van der Waals surface area contributed by atoms with E-state index in [0.717, 1.165) is 51.9 Å². The highest BCUT2D eigenvalue weighted by molar-refractivity contribution is 5.99. The number of likely N-dealkylation sites (tertiary alicyclic amines) is 1. The first-order chi connectivity index (χ1) is 12.1. The predicted octanol–water partition coefficient (Wildman–Crippen LogP) is 2.76. The van der Waals surface area contributed by atoms with Gasteiger partial charge < -0.3 is 15.5 Å². The molecule has 5 nitrogen and oxygen atoms in total. The first-order valence-corrected chi connectivity index (χ1v) is 9.49. The molecule has 5 heteroatoms. The molecule has 0 atom stereocenters. The smallest absolute Gasteiger partial charge is 0.253 e. The molecule has 2 N–H and O–H groups in total. The molecule has 0 unspecified atom stereocenters. The van der Waals surface area contributed by atoms with Crippen molar-refractivity contribution in [3.05, 3.63) is 35.4 Å². The number of nitrogens with two attached hydrogens (primary N) is 1. The van der Waals surface area contributed by atoms with Crippen molar-refractivity contribution in [3.8, 4) is 0 Å². The van der Waals surface area contributed by atoms with Crippen molar-refractivity contribution >= 4 is 11.8 Å². The molecule has 1 aromatic carbocycles. The maximum atomic E-state index is 12.8. The van der Waals surface area contributed by atoms with Crippen molar-refractivity contribution < 1.29 is 9.59 Å². The number of carbonyl (C=O) groups is 2. The van der Waals surface area contributed by atoms with Gasteiger partial charge in [0.15, 0.2) is 0 Å². The summed E-state index contributed by atoms with van der Waals surface area (Å²) in [5, 5.41) is 0. The Morgan fingerprint density at radius 2 is 1.72 bits per heavy atom. The summed E-state index contributed by atoms with van der Waals surface area (Å²) in [7, 11) is 0. The molecule has 0 saturated carbocycles. The molecule has 1 aliphatic heterocycles. The number of nitrogens with zero attached hydrogens (tertiary/aromatic N) is 2. The molecule has 2 rings (SSSR count). The van der Waals surface area contributed by atoms with E-state index in [9.17, 15) is 9.59 Å². The van der Waals surface area contributed by atoms with Crippen LogP contribution in [0.1, 0.15) is 60.2 Å². The molecule has 0 bridgehead atoms. The van der Waals surface area contributed by atoms with E-state index in [1.807, 2.05) is 15.9 Å². The van der Waals surface area contributed by atoms with Gasteiger partial charge in [-0.3, -0.25) is 9.59 Å². The van der Waals surface area contributed by atoms with Crippen LogP contribution < -0.4 is 5.73 Å². The second-order valence-corrected chi connectivity index (χ2v) is 6.84. The van der Waals surface area contributed by atoms with Crippen LogP contribution in [0.3, 0.4) is 0 Å². The Kier molecular flexibility index (Phi) is 7.44. The zero-order valence-corrected chi connectivity index (χ0v) is 15.5. The summed E-state index contributed by atoms with van der Waals surface area (Å²) in [6.45, 7) is 7.82. The van der Waals surface area contributed by atoms with E-state index in [2.05, 4.69) is 13.8 Å². The van der Waals surface area contributed by atoms with Crippen LogP contribution in [-0.4, -0.2) is 54.3 Å². The normalized spacial score (nSPS) is 15.2. The second kappa shape index (κ2) is 9.56. The summed E-state index contributed by atoms with van der Waals surface area (Å²) < 4.78 is 0. The Balaban J connectivity index is 2.09. The minimum atomic E-state index is 0.0141. The summed E-state index contributed by atoms with van der Waals surface area (Å²) >= 11 is 0. The van der Waals surface area contributed by atoms with Crippen LogP contribution in [0, 0.1) is 5.92 Å². The molecule has 0 aromatic heterocycles. The molecule has 0 radical (unpaired) electrons. The SMILES string of the molecule is CCCN(CCC)C(=O)c1cccc(C(=O)N2CCC(CN)CC2)c1. The monoisotopic (exact) mass is 345 g/mol. The Bertz CT molecular complexity index is 574. The van der Waals surface area contributed by atoms with Gasteiger partial charge in [-0.15, -0.1) is 0 Å². The standard InChI is InChI=1S/C20H31N3O2/c1-3-10-22(11-4-2)19(24)17-6-5-7-18(14-17)20(25)23-12-8-16(15-21)9-13-23/h5-7,14,16H,3-4,8-13,15,21H2,1-2H3. The van der Waals surface area contributed by atoms with Gasteiger partial charge in [-0.05, 0) is 56.3 Å². The van der Waals surface area contributed by atoms with Gasteiger partial charge >= 0.3 is 0 Å². The van der Waals surface area contributed by atoms with Crippen LogP contribution in [0.5, 0.6) is 0 Å². The van der Waals surface area contributed by atoms with E-state index in [1.165, 1.54) is 0 Å². The largest absolute Gasteiger partial charge is 0.339 e. The van der Waals surface area contributed by atoms with Gasteiger partial charge in [0, 0.05) is 37.3 Å². The van der Waals surface area contributed by atoms with Crippen LogP contribution in [0.15, 0.2) is 24.3 Å². The minimum Gasteiger partial charge on any atom is -0.339 e. The zero-order valence-electron chi connectivity index (χ0n) is 15.5. The zero-order chi connectivity index (χ0) is 18.2. The van der Waals surface area contributed by atoms with Crippen LogP contribution in [-0.2, 0) is 0 Å². The van der Waals surface area contributed by atoms with E-state index in [-0.39, 0.29) is 11.8 Å². The third-order valence-electron chi connectivity index (χ3n) is 4.87. The summed E-state index contributed by atoms with van der Waals surface area (Å²) in [6, 6.07) is 7.16. The lowest BCUT2D eigenvalue weighted by atomic mass is 9.96. The first-order valence-electron chi connectivity index (χ1n) is 9.49. The Labute approximate surface area is 151 Å². The number of hydrogen-bond acceptors (Lipinski definition) is 3. The fraction of sp³-hybridized carbons (Fsp3) is 0.600. The van der Waals surface area contributed by atoms with Crippen molar-refractivity contribution in [1.29, 1.82) is 0 Å². The van der Waals surface area contributed by atoms with Gasteiger partial charge in [0.1, 0.15) is 0 Å². The van der Waals surface area contributed by atoms with Gasteiger partial charge in [-0.25, -0.2) is 0 Å². The van der Waals surface area contributed by atoms with Gasteiger partial charge in [0.2, 0.25) is 0 Å². The number of hydrogen-bond donors (Lipinski definition) is 1. The van der Waals surface area contributed by atoms with E-state index >= 15 is 0 Å². The minimum absolute atomic E-state index is 0.0141. The molecule has 1 fully saturated rings. The fourth-order valence-corrected chi connectivity index (χ4v) is 3.38. The first kappa shape index (κ1) is 19.4. The summed E-state index contributed by atoms with van der Waals surface area (Å²) in [6.07, 6.45) is 3.78. The van der Waals surface area contributed by atoms with Crippen molar-refractivity contribution in [3.63, 3.8) is 0 Å². The molecule has 1 saturated heterocycles. The van der Waals surface area contributed by atoms with Gasteiger partial charge in [-0.1, -0.05) is 19.9 Å². The second-order valence-electron chi connectivity index (χ2n) is 6.84. The Morgan fingerprint density at radius 1 is 1.12 bits per heavy atom. The molecule has 0 aliphatic carbocycles. The predicted molar refractivity (Wildman–Crippen MR) is 101 cm³/mol. The van der Waals surface area contributed by atoms with Crippen LogP contribution in [0.25, 0.3) is 0 Å². The molecule has 1 aromatic rings. The average Bonchev–Trinajstić information content (AvgIpc) is 2.67. The maximum absolute atomic E-state index is 12.8. The lowest BCUT2D eigenvalue weighted by molar-refractivity contribution is 0.0693. The van der Waals surface area contributed by atoms with E-state index in [4.69, 9.17) is 5.73 Å². The van der Waals surface area contributed by atoms with E-state index in [1.54, 1.807) is 18.2 Å². The van der Waals surface area contributed by atoms with Gasteiger partial charge in [-0.2, -0.15) is 0 Å². The van der Waals surface area contributed by atoms with Crippen LogP contribution >= 0.6 is 0 Å². The Hall–Kier alpha value is -1.88. The van der Waals surface area contributed by atoms with Crippen molar-refractivity contribution in [1.82, 2.24) is 9.80 Å². The average molecular weight is 345 g/mol. The number of carbonyl (C=O) groups excluding carboxylic acids is 2. The van der Waals surface area contributed by atoms with Crippen molar-refractivity contribution in [2.75, 3.05) is 32.7 Å². The highest BCUT2D eigenvalue weighted by atomic mass is 16.2. The third-order valence-corrected chi connectivity index (χ3v) is 4.87. The lowest BCUT2D eigenvalue weighted by Crippen LogP contribution is -2.40. The maximum Gasteiger partial charge on any atom is 0.253 e. The third kappa shape index (κ3) is 5.05. The van der Waals surface area contributed by atoms with Crippen molar-refractivity contribution in [2.45, 2.75) is 39.5 Å². The number of piperidine rings is 1. The topological polar surface area (TPSA) is 66.6 Å². The number of rotatable bonds is 7. The van der Waals surface area contributed by atoms with Crippen LogP contribution in [0.2, 0.25) is 0 Å². The number of amides is 2. The molecular weight excluding hydrogens is 314 g/mol. The van der Waals surface area contributed by atoms with Crippen molar-refractivity contribution in [2.24, 2.45) is 11.7 Å². The lowest BCUT2D eigenvalue weighted by Gasteiger charge is -2.31. The molecular formula is C20H31N3O2. The fourth-order valence-electron chi connectivity index (χ4n) is 3.38. The summed E-state index contributed by atoms with van der Waals surface area (Å²) in [5.74, 6) is 0.552. The number of benzene rings is 1. The highest BCUT2D eigenvalue weighted by Crippen LogP contribution is 2.19. The molecule has 1 heterocycles. The van der Waals surface area contributed by atoms with Gasteiger partial charge in [0.05, 0.1) is 0 Å². The molecule has 1 aliphatic rings. The van der Waals surface area contributed by atoms with Crippen LogP contribution in [0.4, 0.5) is 0 Å². The summed E-state index contributed by atoms with van der Waals surface area (Å²) in [5.41, 5.74) is 6.92. The van der Waals surface area contributed by atoms with E-state index < -0.39 is 0 Å². The highest BCUT2D eigenvalue weighted by Gasteiger charge is 2.24. The molecule has 2 amide bonds. The van der Waals surface area contributed by atoms with Gasteiger partial charge in [0.25, 0.3) is 11.8 Å². The Morgan fingerprint density at radius 3 is 2.28 bits per heavy atom. The summed E-state index contributed by atoms with van der Waals surface area (Å²) in [4.78, 5) is 29.3. The quantitative estimate of drug-likeness (QED) is 0.826. The molecule has 25 heavy (non-hydrogen) atoms. The molecule has 0 spiro atoms. The molecule has 138 valence electrons.